The lowest BCUT2D eigenvalue weighted by atomic mass is 10.1. The number of amides is 2. The van der Waals surface area contributed by atoms with Crippen LogP contribution in [0.25, 0.3) is 0 Å². The number of hydrogen-bond donors (Lipinski definition) is 2. The maximum absolute atomic E-state index is 11.0. The van der Waals surface area contributed by atoms with Gasteiger partial charge in [0.15, 0.2) is 0 Å². The summed E-state index contributed by atoms with van der Waals surface area (Å²) in [5.41, 5.74) is 0.0440. The zero-order chi connectivity index (χ0) is 12.8. The molecule has 0 saturated heterocycles. The number of hydrogen-bond acceptors (Lipinski definition) is 4. The number of carbonyl (C=O) groups is 2. The van der Waals surface area contributed by atoms with Crippen LogP contribution in [0.1, 0.15) is 17.3 Å². The molecule has 1 rings (SSSR count). The minimum absolute atomic E-state index is 0.0551. The fraction of sp³-hybridized carbons (Fsp3) is 0.200. The lowest BCUT2D eigenvalue weighted by Gasteiger charge is -2.09. The van der Waals surface area contributed by atoms with Gasteiger partial charge in [0.2, 0.25) is 0 Å². The number of nitrogens with one attached hydrogen (secondary N) is 1. The Balaban J connectivity index is 3.10. The first-order valence-electron chi connectivity index (χ1n) is 4.73. The Labute approximate surface area is 103 Å². The van der Waals surface area contributed by atoms with Crippen molar-refractivity contribution >= 4 is 30.1 Å². The Morgan fingerprint density at radius 1 is 1.53 bits per heavy atom. The number of aromatic carboxylic acids is 1. The predicted octanol–water partition coefficient (Wildman–Crippen LogP) is 2.05. The Morgan fingerprint density at radius 3 is 2.76 bits per heavy atom. The van der Waals surface area contributed by atoms with Crippen LogP contribution in [-0.4, -0.2) is 23.7 Å². The number of urea groups is 1. The summed E-state index contributed by atoms with van der Waals surface area (Å²) in [7, 11) is 0. The first-order chi connectivity index (χ1) is 8.08. The molecule has 2 N–H and O–H groups in total. The molecule has 0 aromatic heterocycles. The fourth-order valence-electron chi connectivity index (χ4n) is 1.21. The third kappa shape index (κ3) is 3.49. The fourth-order valence-corrected chi connectivity index (χ4v) is 1.25. The summed E-state index contributed by atoms with van der Waals surface area (Å²) in [6.07, 6.45) is 0. The van der Waals surface area contributed by atoms with Gasteiger partial charge in [0.25, 0.3) is 0 Å². The maximum Gasteiger partial charge on any atom is 0.356 e. The lowest BCUT2D eigenvalue weighted by molar-refractivity contribution is 0.0698. The van der Waals surface area contributed by atoms with Gasteiger partial charge in [-0.15, -0.1) is 4.36 Å². The van der Waals surface area contributed by atoms with Crippen LogP contribution in [0.4, 0.5) is 10.5 Å². The second-order valence-electron chi connectivity index (χ2n) is 2.97. The van der Waals surface area contributed by atoms with Gasteiger partial charge in [0.05, 0.1) is 17.9 Å². The average Bonchev–Trinajstić information content (AvgIpc) is 2.29. The van der Waals surface area contributed by atoms with E-state index in [0.717, 1.165) is 0 Å². The molecule has 0 spiro atoms. The number of anilines is 1. The first-order valence-corrected chi connectivity index (χ1v) is 5.09. The van der Waals surface area contributed by atoms with Crippen molar-refractivity contribution in [1.82, 2.24) is 0 Å². The molecule has 0 fully saturated rings. The van der Waals surface area contributed by atoms with Crippen molar-refractivity contribution in [3.8, 4) is 5.75 Å². The number of rotatable bonds is 4. The van der Waals surface area contributed by atoms with Crippen molar-refractivity contribution < 1.29 is 19.4 Å². The largest absolute Gasteiger partial charge is 0.494 e. The Morgan fingerprint density at radius 2 is 2.24 bits per heavy atom. The third-order valence-electron chi connectivity index (χ3n) is 1.86. The van der Waals surface area contributed by atoms with Gasteiger partial charge in [-0.25, -0.2) is 9.59 Å². The van der Waals surface area contributed by atoms with Crippen molar-refractivity contribution in [1.29, 1.82) is 0 Å². The van der Waals surface area contributed by atoms with E-state index in [4.69, 9.17) is 9.84 Å². The summed E-state index contributed by atoms with van der Waals surface area (Å²) in [5.74, 6) is -0.704. The van der Waals surface area contributed by atoms with Gasteiger partial charge in [-0.3, -0.25) is 0 Å². The molecular formula is C10H10N2O4S. The normalized spacial score (nSPS) is 9.47. The molecule has 0 aliphatic heterocycles. The zero-order valence-electron chi connectivity index (χ0n) is 8.97. The molecule has 6 nitrogen and oxygen atoms in total. The molecule has 0 radical (unpaired) electrons. The molecule has 0 aliphatic carbocycles. The van der Waals surface area contributed by atoms with Crippen molar-refractivity contribution in [3.05, 3.63) is 23.8 Å². The SMILES string of the molecule is CCOc1ccc(C(=O)O)c(NC(=O)N=S)c1. The highest BCUT2D eigenvalue weighted by Crippen LogP contribution is 2.23. The number of nitrogens with zero attached hydrogens (tertiary/aromatic N) is 1. The van der Waals surface area contributed by atoms with E-state index in [0.29, 0.717) is 12.4 Å². The standard InChI is InChI=1S/C10H10N2O4S/c1-2-16-6-3-4-7(9(13)14)8(5-6)11-10(15)12-17/h3-5H,2H2,1H3,(H,11,15)(H,13,14). The highest BCUT2D eigenvalue weighted by atomic mass is 32.1. The topological polar surface area (TPSA) is 88.0 Å². The van der Waals surface area contributed by atoms with Crippen LogP contribution in [0.2, 0.25) is 0 Å². The second-order valence-corrected chi connectivity index (χ2v) is 3.15. The van der Waals surface area contributed by atoms with E-state index >= 15 is 0 Å². The highest BCUT2D eigenvalue weighted by Gasteiger charge is 2.13. The summed E-state index contributed by atoms with van der Waals surface area (Å²) in [5, 5.41) is 11.2. The minimum atomic E-state index is -1.16. The third-order valence-corrected chi connectivity index (χ3v) is 2.02. The summed E-state index contributed by atoms with van der Waals surface area (Å²) in [6.45, 7) is 2.23. The number of carboxylic acids is 1. The van der Waals surface area contributed by atoms with Crippen molar-refractivity contribution in [2.75, 3.05) is 11.9 Å². The summed E-state index contributed by atoms with van der Waals surface area (Å²) in [4.78, 5) is 21.9. The molecule has 0 unspecified atom stereocenters. The highest BCUT2D eigenvalue weighted by molar-refractivity contribution is 7.47. The van der Waals surface area contributed by atoms with E-state index in [1.807, 2.05) is 0 Å². The maximum atomic E-state index is 11.0. The Bertz CT molecular complexity index is 462. The van der Waals surface area contributed by atoms with E-state index in [-0.39, 0.29) is 11.3 Å². The van der Waals surface area contributed by atoms with Crippen molar-refractivity contribution in [2.45, 2.75) is 6.92 Å². The van der Waals surface area contributed by atoms with Gasteiger partial charge in [-0.1, -0.05) is 0 Å². The number of carbonyl (C=O) groups excluding carboxylic acids is 1. The zero-order valence-corrected chi connectivity index (χ0v) is 9.78. The van der Waals surface area contributed by atoms with Crippen molar-refractivity contribution in [2.24, 2.45) is 4.36 Å². The van der Waals surface area contributed by atoms with Gasteiger partial charge < -0.3 is 15.2 Å². The van der Waals surface area contributed by atoms with Crippen LogP contribution < -0.4 is 10.1 Å². The summed E-state index contributed by atoms with van der Waals surface area (Å²) < 4.78 is 8.16. The van der Waals surface area contributed by atoms with Gasteiger partial charge in [0.1, 0.15) is 5.75 Å². The smallest absolute Gasteiger partial charge is 0.356 e. The molecule has 90 valence electrons. The molecule has 17 heavy (non-hydrogen) atoms. The molecule has 0 saturated carbocycles. The number of benzene rings is 1. The van der Waals surface area contributed by atoms with E-state index in [9.17, 15) is 9.59 Å². The summed E-state index contributed by atoms with van der Waals surface area (Å²) >= 11 is 4.20. The molecule has 1 aromatic rings. The van der Waals surface area contributed by atoms with Crippen LogP contribution in [0.3, 0.4) is 0 Å². The molecule has 7 heteroatoms. The lowest BCUT2D eigenvalue weighted by Crippen LogP contribution is -2.10. The first kappa shape index (κ1) is 13.0. The minimum Gasteiger partial charge on any atom is -0.494 e. The molecule has 2 amide bonds. The molecule has 0 atom stereocenters. The second kappa shape index (κ2) is 5.90. The van der Waals surface area contributed by atoms with E-state index < -0.39 is 12.0 Å². The van der Waals surface area contributed by atoms with Crippen LogP contribution in [0.15, 0.2) is 22.6 Å². The average molecular weight is 254 g/mol. The molecule has 1 aromatic carbocycles. The van der Waals surface area contributed by atoms with Gasteiger partial charge in [-0.2, -0.15) is 0 Å². The Kier molecular flexibility index (Phi) is 4.53. The van der Waals surface area contributed by atoms with Gasteiger partial charge in [-0.05, 0) is 19.1 Å². The van der Waals surface area contributed by atoms with Crippen LogP contribution in [-0.2, 0) is 12.4 Å². The van der Waals surface area contributed by atoms with E-state index in [1.54, 1.807) is 6.92 Å². The van der Waals surface area contributed by atoms with E-state index in [1.165, 1.54) is 18.2 Å². The quantitative estimate of drug-likeness (QED) is 0.858. The van der Waals surface area contributed by atoms with Crippen LogP contribution >= 0.6 is 0 Å². The number of ether oxygens (including phenoxy) is 1. The van der Waals surface area contributed by atoms with Crippen LogP contribution in [0.5, 0.6) is 5.75 Å². The predicted molar refractivity (Wildman–Crippen MR) is 63.4 cm³/mol. The van der Waals surface area contributed by atoms with Gasteiger partial charge >= 0.3 is 12.0 Å². The molecule has 0 aliphatic rings. The monoisotopic (exact) mass is 254 g/mol. The van der Waals surface area contributed by atoms with E-state index in [2.05, 4.69) is 22.1 Å². The van der Waals surface area contributed by atoms with Crippen LogP contribution in [0, 0.1) is 0 Å². The molecule has 0 heterocycles. The van der Waals surface area contributed by atoms with Gasteiger partial charge in [0, 0.05) is 18.5 Å². The number of carboxylic acid groups (broad SMARTS) is 1. The van der Waals surface area contributed by atoms with Crippen molar-refractivity contribution in [3.63, 3.8) is 0 Å². The summed E-state index contributed by atoms with van der Waals surface area (Å²) in [6, 6.07) is 3.46. The molecular weight excluding hydrogens is 244 g/mol. The Hall–Kier alpha value is -2.02. The molecule has 0 bridgehead atoms.